The van der Waals surface area contributed by atoms with Crippen LogP contribution in [0.5, 0.6) is 5.75 Å². The molecule has 1 saturated carbocycles. The first-order valence-electron chi connectivity index (χ1n) is 12.4. The molecule has 2 aromatic carbocycles. The number of halogens is 3. The van der Waals surface area contributed by atoms with Gasteiger partial charge in [0.15, 0.2) is 5.16 Å². The third-order valence-corrected chi connectivity index (χ3v) is 8.17. The molecule has 11 heteroatoms. The Morgan fingerprint density at radius 3 is 2.53 bits per heavy atom. The summed E-state index contributed by atoms with van der Waals surface area (Å²) in [6.45, 7) is 0.725. The van der Waals surface area contributed by atoms with E-state index in [0.29, 0.717) is 45.9 Å². The van der Waals surface area contributed by atoms with Crippen LogP contribution < -0.4 is 10.9 Å². The topological polar surface area (TPSA) is 87.5 Å². The number of carbonyl (C=O) groups excluding carboxylic acids is 1. The van der Waals surface area contributed by atoms with Crippen LogP contribution in [0.3, 0.4) is 0 Å². The molecule has 1 aliphatic carbocycles. The van der Waals surface area contributed by atoms with Crippen LogP contribution >= 0.6 is 11.8 Å². The third-order valence-electron chi connectivity index (χ3n) is 6.89. The molecule has 0 bridgehead atoms. The van der Waals surface area contributed by atoms with Gasteiger partial charge >= 0.3 is 6.18 Å². The lowest BCUT2D eigenvalue weighted by molar-refractivity contribution is -0.137. The zero-order chi connectivity index (χ0) is 26.9. The highest BCUT2D eigenvalue weighted by Gasteiger charge is 2.31. The van der Waals surface area contributed by atoms with Gasteiger partial charge in [0.25, 0.3) is 5.56 Å². The van der Waals surface area contributed by atoms with Crippen molar-refractivity contribution >= 4 is 17.7 Å². The monoisotopic (exact) mass is 544 g/mol. The van der Waals surface area contributed by atoms with Crippen LogP contribution in [0.15, 0.2) is 58.5 Å². The molecular formula is C27H27F3N4O3S. The molecule has 1 aromatic heterocycles. The lowest BCUT2D eigenvalue weighted by Gasteiger charge is -2.30. The second kappa shape index (κ2) is 10.8. The fourth-order valence-electron chi connectivity index (χ4n) is 4.49. The zero-order valence-electron chi connectivity index (χ0n) is 20.5. The van der Waals surface area contributed by atoms with Gasteiger partial charge < -0.3 is 15.3 Å². The van der Waals surface area contributed by atoms with E-state index in [1.54, 1.807) is 34.9 Å². The maximum absolute atomic E-state index is 13.7. The predicted molar refractivity (Wildman–Crippen MR) is 137 cm³/mol. The van der Waals surface area contributed by atoms with Gasteiger partial charge in [0.05, 0.1) is 35.6 Å². The molecule has 3 aromatic rings. The van der Waals surface area contributed by atoms with Gasteiger partial charge in [-0.2, -0.15) is 13.2 Å². The van der Waals surface area contributed by atoms with Crippen LogP contribution in [-0.2, 0) is 30.5 Å². The van der Waals surface area contributed by atoms with Crippen LogP contribution in [0.1, 0.15) is 41.6 Å². The van der Waals surface area contributed by atoms with E-state index in [2.05, 4.69) is 5.32 Å². The number of alkyl halides is 3. The molecule has 1 amide bonds. The minimum atomic E-state index is -4.39. The molecule has 0 spiro atoms. The number of fused-ring (bicyclic) bond motifs is 1. The second-order valence-corrected chi connectivity index (χ2v) is 10.8. The summed E-state index contributed by atoms with van der Waals surface area (Å²) in [4.78, 5) is 33.0. The summed E-state index contributed by atoms with van der Waals surface area (Å²) in [5.41, 5.74) is 1.06. The van der Waals surface area contributed by atoms with E-state index >= 15 is 0 Å². The Kier molecular flexibility index (Phi) is 7.49. The van der Waals surface area contributed by atoms with Crippen LogP contribution in [0.25, 0.3) is 5.69 Å². The molecule has 2 aliphatic rings. The standard InChI is InChI=1S/C27H27F3N4O3S/c28-27(29,30)18-10-8-17(9-11-18)14-31-15-24(36)33-13-12-21-20(16-33)25(37)34(22-6-1-2-7-23(22)35)26(32-21)38-19-4-3-5-19/h1-2,6-11,19,31,35H,3-5,12-16H2. The van der Waals surface area contributed by atoms with Crippen molar-refractivity contribution in [1.29, 1.82) is 0 Å². The highest BCUT2D eigenvalue weighted by molar-refractivity contribution is 7.99. The highest BCUT2D eigenvalue weighted by Crippen LogP contribution is 2.37. The smallest absolute Gasteiger partial charge is 0.416 e. The Morgan fingerprint density at radius 1 is 1.13 bits per heavy atom. The third kappa shape index (κ3) is 5.58. The van der Waals surface area contributed by atoms with Crippen molar-refractivity contribution in [2.75, 3.05) is 13.1 Å². The summed E-state index contributed by atoms with van der Waals surface area (Å²) in [6.07, 6.45) is -0.696. The van der Waals surface area contributed by atoms with Crippen LogP contribution in [-0.4, -0.2) is 43.8 Å². The Labute approximate surface area is 221 Å². The maximum Gasteiger partial charge on any atom is 0.416 e. The minimum Gasteiger partial charge on any atom is -0.506 e. The number of nitrogens with zero attached hydrogens (tertiary/aromatic N) is 3. The molecule has 1 aliphatic heterocycles. The molecule has 0 saturated heterocycles. The van der Waals surface area contributed by atoms with E-state index in [-0.39, 0.29) is 36.9 Å². The number of hydrogen-bond donors (Lipinski definition) is 2. The van der Waals surface area contributed by atoms with Crippen LogP contribution in [0.2, 0.25) is 0 Å². The van der Waals surface area contributed by atoms with Gasteiger partial charge in [-0.3, -0.25) is 14.2 Å². The summed E-state index contributed by atoms with van der Waals surface area (Å²) >= 11 is 1.55. The number of carbonyl (C=O) groups is 1. The number of thioether (sulfide) groups is 1. The first kappa shape index (κ1) is 26.3. The van der Waals surface area contributed by atoms with E-state index in [4.69, 9.17) is 4.98 Å². The van der Waals surface area contributed by atoms with E-state index in [9.17, 15) is 27.9 Å². The van der Waals surface area contributed by atoms with Gasteiger partial charge in [-0.25, -0.2) is 4.98 Å². The first-order chi connectivity index (χ1) is 18.2. The number of rotatable bonds is 7. The molecule has 2 heterocycles. The normalized spacial score (nSPS) is 15.7. The molecule has 7 nitrogen and oxygen atoms in total. The average Bonchev–Trinajstić information content (AvgIpc) is 2.86. The van der Waals surface area contributed by atoms with Crippen molar-refractivity contribution in [3.63, 3.8) is 0 Å². The molecule has 0 atom stereocenters. The van der Waals surface area contributed by atoms with Crippen molar-refractivity contribution in [1.82, 2.24) is 19.8 Å². The van der Waals surface area contributed by atoms with Gasteiger partial charge in [-0.05, 0) is 42.7 Å². The largest absolute Gasteiger partial charge is 0.506 e. The summed E-state index contributed by atoms with van der Waals surface area (Å²) in [5, 5.41) is 14.4. The molecule has 38 heavy (non-hydrogen) atoms. The van der Waals surface area contributed by atoms with Crippen LogP contribution in [0, 0.1) is 0 Å². The first-order valence-corrected chi connectivity index (χ1v) is 13.3. The average molecular weight is 545 g/mol. The summed E-state index contributed by atoms with van der Waals surface area (Å²) in [6, 6.07) is 11.4. The number of nitrogens with one attached hydrogen (secondary N) is 1. The summed E-state index contributed by atoms with van der Waals surface area (Å²) in [7, 11) is 0. The van der Waals surface area contributed by atoms with Gasteiger partial charge in [-0.1, -0.05) is 42.4 Å². The van der Waals surface area contributed by atoms with Gasteiger partial charge in [0, 0.05) is 24.8 Å². The number of phenols is 1. The van der Waals surface area contributed by atoms with Crippen molar-refractivity contribution in [3.8, 4) is 11.4 Å². The van der Waals surface area contributed by atoms with E-state index in [1.807, 2.05) is 0 Å². The fourth-order valence-corrected chi connectivity index (χ4v) is 5.80. The van der Waals surface area contributed by atoms with Crippen molar-refractivity contribution in [3.05, 3.63) is 81.3 Å². The van der Waals surface area contributed by atoms with Gasteiger partial charge in [0.1, 0.15) is 5.75 Å². The van der Waals surface area contributed by atoms with E-state index < -0.39 is 11.7 Å². The number of benzene rings is 2. The Bertz CT molecular complexity index is 1390. The number of para-hydroxylation sites is 2. The van der Waals surface area contributed by atoms with Crippen molar-refractivity contribution in [2.24, 2.45) is 0 Å². The van der Waals surface area contributed by atoms with Crippen molar-refractivity contribution in [2.45, 2.75) is 55.4 Å². The fraction of sp³-hybridized carbons (Fsp3) is 0.370. The van der Waals surface area contributed by atoms with E-state index in [1.165, 1.54) is 22.8 Å². The highest BCUT2D eigenvalue weighted by atomic mass is 32.2. The zero-order valence-corrected chi connectivity index (χ0v) is 21.3. The lowest BCUT2D eigenvalue weighted by Crippen LogP contribution is -2.44. The Hall–Kier alpha value is -3.31. The van der Waals surface area contributed by atoms with Gasteiger partial charge in [-0.15, -0.1) is 0 Å². The lowest BCUT2D eigenvalue weighted by atomic mass is 10.0. The molecule has 0 radical (unpaired) electrons. The molecule has 5 rings (SSSR count). The number of hydrogen-bond acceptors (Lipinski definition) is 6. The minimum absolute atomic E-state index is 0.0208. The van der Waals surface area contributed by atoms with E-state index in [0.717, 1.165) is 31.4 Å². The number of aromatic hydroxyl groups is 1. The molecular weight excluding hydrogens is 517 g/mol. The van der Waals surface area contributed by atoms with Crippen LogP contribution in [0.4, 0.5) is 13.2 Å². The predicted octanol–water partition coefficient (Wildman–Crippen LogP) is 4.28. The SMILES string of the molecule is O=C(CNCc1ccc(C(F)(F)F)cc1)N1CCc2nc(SC3CCC3)n(-c3ccccc3O)c(=O)c2C1. The molecule has 0 unspecified atom stereocenters. The van der Waals surface area contributed by atoms with Crippen molar-refractivity contribution < 1.29 is 23.1 Å². The molecule has 200 valence electrons. The maximum atomic E-state index is 13.7. The van der Waals surface area contributed by atoms with Gasteiger partial charge in [0.2, 0.25) is 5.91 Å². The number of phenolic OH excluding ortho intramolecular Hbond substituents is 1. The Balaban J connectivity index is 1.30. The summed E-state index contributed by atoms with van der Waals surface area (Å²) < 4.78 is 39.7. The molecule has 2 N–H and O–H groups in total. The quantitative estimate of drug-likeness (QED) is 0.432. The summed E-state index contributed by atoms with van der Waals surface area (Å²) in [5.74, 6) is -0.244. The second-order valence-electron chi connectivity index (χ2n) is 9.48. The molecule has 1 fully saturated rings. The number of amides is 1. The Morgan fingerprint density at radius 2 is 1.87 bits per heavy atom. The number of aromatic nitrogens is 2.